The van der Waals surface area contributed by atoms with Crippen LogP contribution in [0.3, 0.4) is 0 Å². The summed E-state index contributed by atoms with van der Waals surface area (Å²) >= 11 is 0. The van der Waals surface area contributed by atoms with Crippen molar-refractivity contribution in [3.05, 3.63) is 18.2 Å². The van der Waals surface area contributed by atoms with Gasteiger partial charge < -0.3 is 10.2 Å². The zero-order valence-electron chi connectivity index (χ0n) is 17.9. The molecule has 1 saturated carbocycles. The molecule has 1 amide bonds. The van der Waals surface area contributed by atoms with Crippen molar-refractivity contribution >= 4 is 27.3 Å². The van der Waals surface area contributed by atoms with E-state index in [0.29, 0.717) is 23.7 Å². The van der Waals surface area contributed by atoms with Crippen molar-refractivity contribution < 1.29 is 13.2 Å². The highest BCUT2D eigenvalue weighted by molar-refractivity contribution is 7.89. The molecule has 2 aliphatic heterocycles. The van der Waals surface area contributed by atoms with Crippen LogP contribution in [0.1, 0.15) is 70.6 Å². The Kier molecular flexibility index (Phi) is 6.98. The van der Waals surface area contributed by atoms with Crippen LogP contribution in [0.2, 0.25) is 0 Å². The smallest absolute Gasteiger partial charge is 0.243 e. The Labute approximate surface area is 181 Å². The molecular formula is C23H35N3O3S. The van der Waals surface area contributed by atoms with E-state index in [2.05, 4.69) is 10.2 Å². The first-order chi connectivity index (χ1) is 14.6. The average Bonchev–Trinajstić information content (AvgIpc) is 2.81. The molecule has 2 saturated heterocycles. The molecule has 7 heteroatoms. The van der Waals surface area contributed by atoms with Crippen LogP contribution in [0.25, 0.3) is 0 Å². The molecule has 166 valence electrons. The minimum Gasteiger partial charge on any atom is -0.370 e. The lowest BCUT2D eigenvalue weighted by Gasteiger charge is -2.32. The fraction of sp³-hybridized carbons (Fsp3) is 0.696. The molecule has 0 aromatic heterocycles. The Balaban J connectivity index is 1.62. The predicted molar refractivity (Wildman–Crippen MR) is 120 cm³/mol. The SMILES string of the molecule is O=C(Nc1cc(S(=O)(=O)N2CCCCC2)ccc1N1CCCCC1)C1CCCCC1. The lowest BCUT2D eigenvalue weighted by atomic mass is 9.88. The molecule has 30 heavy (non-hydrogen) atoms. The van der Waals surface area contributed by atoms with E-state index in [9.17, 15) is 13.2 Å². The van der Waals surface area contributed by atoms with Crippen molar-refractivity contribution in [2.45, 2.75) is 75.5 Å². The molecule has 0 spiro atoms. The number of rotatable bonds is 5. The highest BCUT2D eigenvalue weighted by Crippen LogP contribution is 2.34. The third kappa shape index (κ3) is 4.83. The molecule has 0 atom stereocenters. The number of hydrogen-bond donors (Lipinski definition) is 1. The number of anilines is 2. The van der Waals surface area contributed by atoms with Crippen molar-refractivity contribution in [2.24, 2.45) is 5.92 Å². The molecule has 3 fully saturated rings. The van der Waals surface area contributed by atoms with Gasteiger partial charge in [-0.3, -0.25) is 4.79 Å². The molecule has 1 N–H and O–H groups in total. The first-order valence-electron chi connectivity index (χ1n) is 11.8. The first-order valence-corrected chi connectivity index (χ1v) is 13.2. The van der Waals surface area contributed by atoms with E-state index in [1.807, 2.05) is 6.07 Å². The lowest BCUT2D eigenvalue weighted by Crippen LogP contribution is -2.36. The van der Waals surface area contributed by atoms with Gasteiger partial charge in [0.1, 0.15) is 0 Å². The molecule has 1 aromatic rings. The second-order valence-electron chi connectivity index (χ2n) is 9.02. The number of carbonyl (C=O) groups excluding carboxylic acids is 1. The van der Waals surface area contributed by atoms with Crippen LogP contribution in [0.15, 0.2) is 23.1 Å². The van der Waals surface area contributed by atoms with Crippen LogP contribution in [0.4, 0.5) is 11.4 Å². The van der Waals surface area contributed by atoms with Gasteiger partial charge in [-0.05, 0) is 63.1 Å². The standard InChI is InChI=1S/C23H35N3O3S/c27-23(19-10-4-1-5-11-19)24-21-18-20(30(28,29)26-16-8-3-9-17-26)12-13-22(21)25-14-6-2-7-15-25/h12-13,18-19H,1-11,14-17H2,(H,24,27). The molecule has 2 heterocycles. The molecule has 0 radical (unpaired) electrons. The molecular weight excluding hydrogens is 398 g/mol. The summed E-state index contributed by atoms with van der Waals surface area (Å²) in [6, 6.07) is 5.33. The predicted octanol–water partition coefficient (Wildman–Crippen LogP) is 4.37. The van der Waals surface area contributed by atoms with Gasteiger partial charge in [-0.15, -0.1) is 0 Å². The van der Waals surface area contributed by atoms with Gasteiger partial charge in [-0.25, -0.2) is 8.42 Å². The number of hydrogen-bond acceptors (Lipinski definition) is 4. The summed E-state index contributed by atoms with van der Waals surface area (Å²) < 4.78 is 28.0. The van der Waals surface area contributed by atoms with Crippen molar-refractivity contribution in [1.29, 1.82) is 0 Å². The van der Waals surface area contributed by atoms with E-state index in [4.69, 9.17) is 0 Å². The van der Waals surface area contributed by atoms with Crippen LogP contribution >= 0.6 is 0 Å². The summed E-state index contributed by atoms with van der Waals surface area (Å²) in [6.07, 6.45) is 11.6. The zero-order valence-corrected chi connectivity index (χ0v) is 18.8. The summed E-state index contributed by atoms with van der Waals surface area (Å²) in [6.45, 7) is 3.06. The maximum absolute atomic E-state index is 13.2. The largest absolute Gasteiger partial charge is 0.370 e. The maximum atomic E-state index is 13.2. The van der Waals surface area contributed by atoms with E-state index in [-0.39, 0.29) is 11.8 Å². The Hall–Kier alpha value is -1.60. The number of sulfonamides is 1. The summed E-state index contributed by atoms with van der Waals surface area (Å²) in [7, 11) is -3.53. The molecule has 1 aromatic carbocycles. The topological polar surface area (TPSA) is 69.7 Å². The zero-order chi connectivity index (χ0) is 21.0. The van der Waals surface area contributed by atoms with Gasteiger partial charge in [-0.2, -0.15) is 4.31 Å². The first kappa shape index (κ1) is 21.6. The number of nitrogens with one attached hydrogen (secondary N) is 1. The Morgan fingerprint density at radius 2 is 1.43 bits per heavy atom. The molecule has 0 bridgehead atoms. The quantitative estimate of drug-likeness (QED) is 0.749. The molecule has 0 unspecified atom stereocenters. The average molecular weight is 434 g/mol. The van der Waals surface area contributed by atoms with E-state index >= 15 is 0 Å². The minimum absolute atomic E-state index is 0.0373. The van der Waals surface area contributed by atoms with Gasteiger partial charge in [-0.1, -0.05) is 25.7 Å². The van der Waals surface area contributed by atoms with E-state index in [1.165, 1.54) is 12.8 Å². The lowest BCUT2D eigenvalue weighted by molar-refractivity contribution is -0.120. The fourth-order valence-corrected chi connectivity index (χ4v) is 6.58. The van der Waals surface area contributed by atoms with Crippen LogP contribution in [-0.2, 0) is 14.8 Å². The van der Waals surface area contributed by atoms with Crippen LogP contribution < -0.4 is 10.2 Å². The normalized spacial score (nSPS) is 22.1. The number of carbonyl (C=O) groups is 1. The number of nitrogens with zero attached hydrogens (tertiary/aromatic N) is 2. The van der Waals surface area contributed by atoms with Crippen LogP contribution in [0, 0.1) is 5.92 Å². The van der Waals surface area contributed by atoms with Gasteiger partial charge in [0.05, 0.1) is 16.3 Å². The van der Waals surface area contributed by atoms with E-state index in [1.54, 1.807) is 16.4 Å². The molecule has 4 rings (SSSR count). The second kappa shape index (κ2) is 9.69. The highest BCUT2D eigenvalue weighted by Gasteiger charge is 2.28. The fourth-order valence-electron chi connectivity index (χ4n) is 5.04. The van der Waals surface area contributed by atoms with Gasteiger partial charge >= 0.3 is 0 Å². The Bertz CT molecular complexity index is 837. The molecule has 1 aliphatic carbocycles. The third-order valence-electron chi connectivity index (χ3n) is 6.85. The highest BCUT2D eigenvalue weighted by atomic mass is 32.2. The van der Waals surface area contributed by atoms with Gasteiger partial charge in [0.25, 0.3) is 0 Å². The maximum Gasteiger partial charge on any atom is 0.243 e. The van der Waals surface area contributed by atoms with Crippen LogP contribution in [0.5, 0.6) is 0 Å². The Morgan fingerprint density at radius 3 is 2.10 bits per heavy atom. The van der Waals surface area contributed by atoms with Crippen molar-refractivity contribution in [3.8, 4) is 0 Å². The number of benzene rings is 1. The number of amides is 1. The monoisotopic (exact) mass is 433 g/mol. The number of piperidine rings is 2. The molecule has 6 nitrogen and oxygen atoms in total. The Morgan fingerprint density at radius 1 is 0.833 bits per heavy atom. The van der Waals surface area contributed by atoms with Gasteiger partial charge in [0, 0.05) is 32.1 Å². The summed E-state index contributed by atoms with van der Waals surface area (Å²) in [5, 5.41) is 3.13. The van der Waals surface area contributed by atoms with Crippen molar-refractivity contribution in [1.82, 2.24) is 4.31 Å². The molecule has 3 aliphatic rings. The van der Waals surface area contributed by atoms with Crippen molar-refractivity contribution in [3.63, 3.8) is 0 Å². The van der Waals surface area contributed by atoms with Gasteiger partial charge in [0.15, 0.2) is 0 Å². The van der Waals surface area contributed by atoms with Crippen molar-refractivity contribution in [2.75, 3.05) is 36.4 Å². The second-order valence-corrected chi connectivity index (χ2v) is 11.0. The summed E-state index contributed by atoms with van der Waals surface area (Å²) in [5.74, 6) is 0.0794. The van der Waals surface area contributed by atoms with Crippen LogP contribution in [-0.4, -0.2) is 44.8 Å². The summed E-state index contributed by atoms with van der Waals surface area (Å²) in [5.41, 5.74) is 1.61. The van der Waals surface area contributed by atoms with Gasteiger partial charge in [0.2, 0.25) is 15.9 Å². The minimum atomic E-state index is -3.53. The summed E-state index contributed by atoms with van der Waals surface area (Å²) in [4.78, 5) is 15.6. The van der Waals surface area contributed by atoms with E-state index in [0.717, 1.165) is 76.6 Å². The van der Waals surface area contributed by atoms with E-state index < -0.39 is 10.0 Å². The third-order valence-corrected chi connectivity index (χ3v) is 8.75.